The number of piperazine rings is 1. The molecular formula is C22H23N5OS2. The fourth-order valence-electron chi connectivity index (χ4n) is 4.01. The van der Waals surface area contributed by atoms with Gasteiger partial charge in [-0.05, 0) is 23.1 Å². The van der Waals surface area contributed by atoms with E-state index in [-0.39, 0.29) is 11.9 Å². The Morgan fingerprint density at radius 2 is 1.97 bits per heavy atom. The van der Waals surface area contributed by atoms with Crippen molar-refractivity contribution in [3.05, 3.63) is 70.0 Å². The maximum Gasteiger partial charge on any atom is 0.317 e. The number of fused-ring (bicyclic) bond motifs is 1. The molecule has 0 unspecified atom stereocenters. The van der Waals surface area contributed by atoms with E-state index in [4.69, 9.17) is 0 Å². The molecule has 2 N–H and O–H groups in total. The summed E-state index contributed by atoms with van der Waals surface area (Å²) in [6.07, 6.45) is 3.91. The molecule has 1 aromatic carbocycles. The summed E-state index contributed by atoms with van der Waals surface area (Å²) in [5, 5.41) is 9.52. The zero-order valence-electron chi connectivity index (χ0n) is 16.5. The molecule has 3 aromatic heterocycles. The monoisotopic (exact) mass is 437 g/mol. The Labute approximate surface area is 183 Å². The van der Waals surface area contributed by atoms with Crippen molar-refractivity contribution in [2.45, 2.75) is 5.92 Å². The second-order valence-corrected chi connectivity index (χ2v) is 9.18. The van der Waals surface area contributed by atoms with E-state index in [1.165, 1.54) is 15.8 Å². The number of hydrogen-bond donors (Lipinski definition) is 2. The molecule has 0 bridgehead atoms. The molecule has 4 heterocycles. The summed E-state index contributed by atoms with van der Waals surface area (Å²) in [5.74, 6) is 0.127. The first-order chi connectivity index (χ1) is 14.8. The Hall–Kier alpha value is -2.84. The van der Waals surface area contributed by atoms with Crippen molar-refractivity contribution in [2.24, 2.45) is 0 Å². The Bertz CT molecular complexity index is 1100. The number of thiazole rings is 1. The first kappa shape index (κ1) is 19.1. The number of carbonyl (C=O) groups is 1. The highest BCUT2D eigenvalue weighted by molar-refractivity contribution is 7.13. The third kappa shape index (κ3) is 3.80. The minimum absolute atomic E-state index is 0.00943. The summed E-state index contributed by atoms with van der Waals surface area (Å²) < 4.78 is 0. The van der Waals surface area contributed by atoms with Crippen molar-refractivity contribution in [3.8, 4) is 0 Å². The number of para-hydroxylation sites is 1. The summed E-state index contributed by atoms with van der Waals surface area (Å²) in [4.78, 5) is 26.0. The second kappa shape index (κ2) is 8.49. The Balaban J connectivity index is 1.27. The average molecular weight is 438 g/mol. The molecule has 0 spiro atoms. The number of thiophene rings is 1. The number of rotatable bonds is 5. The molecule has 1 saturated heterocycles. The SMILES string of the molecule is O=C(NC[C@@H](c1cccs1)c1c[nH]c2ccccc12)N1CCN(c2nccs2)CC1. The maximum absolute atomic E-state index is 12.9. The molecule has 0 saturated carbocycles. The van der Waals surface area contributed by atoms with Gasteiger partial charge in [0.25, 0.3) is 0 Å². The van der Waals surface area contributed by atoms with Gasteiger partial charge in [0.05, 0.1) is 0 Å². The van der Waals surface area contributed by atoms with Gasteiger partial charge in [-0.15, -0.1) is 22.7 Å². The first-order valence-electron chi connectivity index (χ1n) is 10.1. The van der Waals surface area contributed by atoms with Crippen LogP contribution in [0.15, 0.2) is 59.6 Å². The number of aromatic nitrogens is 2. The van der Waals surface area contributed by atoms with Gasteiger partial charge in [0.1, 0.15) is 0 Å². The van der Waals surface area contributed by atoms with Gasteiger partial charge in [-0.2, -0.15) is 0 Å². The largest absolute Gasteiger partial charge is 0.361 e. The number of urea groups is 1. The van der Waals surface area contributed by atoms with Crippen LogP contribution in [0.25, 0.3) is 10.9 Å². The zero-order valence-corrected chi connectivity index (χ0v) is 18.1. The van der Waals surface area contributed by atoms with Crippen LogP contribution in [-0.4, -0.2) is 53.6 Å². The molecule has 1 aliphatic heterocycles. The van der Waals surface area contributed by atoms with Gasteiger partial charge in [-0.1, -0.05) is 24.3 Å². The molecular weight excluding hydrogens is 414 g/mol. The van der Waals surface area contributed by atoms with Crippen LogP contribution in [0.4, 0.5) is 9.93 Å². The summed E-state index contributed by atoms with van der Waals surface area (Å²) >= 11 is 3.38. The Morgan fingerprint density at radius 1 is 1.10 bits per heavy atom. The predicted molar refractivity (Wildman–Crippen MR) is 124 cm³/mol. The lowest BCUT2D eigenvalue weighted by Crippen LogP contribution is -2.52. The lowest BCUT2D eigenvalue weighted by molar-refractivity contribution is 0.194. The topological polar surface area (TPSA) is 64.3 Å². The number of anilines is 1. The summed E-state index contributed by atoms with van der Waals surface area (Å²) in [6, 6.07) is 12.6. The summed E-state index contributed by atoms with van der Waals surface area (Å²) in [7, 11) is 0. The van der Waals surface area contributed by atoms with Gasteiger partial charge in [-0.25, -0.2) is 9.78 Å². The van der Waals surface area contributed by atoms with Gasteiger partial charge in [-0.3, -0.25) is 0 Å². The number of carbonyl (C=O) groups excluding carboxylic acids is 1. The van der Waals surface area contributed by atoms with E-state index in [1.807, 2.05) is 22.5 Å². The van der Waals surface area contributed by atoms with E-state index in [9.17, 15) is 4.79 Å². The van der Waals surface area contributed by atoms with Crippen molar-refractivity contribution in [1.82, 2.24) is 20.2 Å². The predicted octanol–water partition coefficient (Wildman–Crippen LogP) is 4.35. The Kier molecular flexibility index (Phi) is 5.42. The van der Waals surface area contributed by atoms with Crippen LogP contribution in [0, 0.1) is 0 Å². The molecule has 1 fully saturated rings. The molecule has 154 valence electrons. The molecule has 8 heteroatoms. The quantitative estimate of drug-likeness (QED) is 0.488. The lowest BCUT2D eigenvalue weighted by atomic mass is 9.97. The lowest BCUT2D eigenvalue weighted by Gasteiger charge is -2.34. The fourth-order valence-corrected chi connectivity index (χ4v) is 5.55. The first-order valence-corrected chi connectivity index (χ1v) is 11.8. The van der Waals surface area contributed by atoms with Crippen molar-refractivity contribution < 1.29 is 4.79 Å². The van der Waals surface area contributed by atoms with Gasteiger partial charge >= 0.3 is 6.03 Å². The van der Waals surface area contributed by atoms with E-state index < -0.39 is 0 Å². The fraction of sp³-hybridized carbons (Fsp3) is 0.273. The summed E-state index contributed by atoms with van der Waals surface area (Å²) in [6.45, 7) is 3.63. The van der Waals surface area contributed by atoms with Crippen molar-refractivity contribution in [3.63, 3.8) is 0 Å². The number of H-pyrrole nitrogens is 1. The van der Waals surface area contributed by atoms with Crippen molar-refractivity contribution in [2.75, 3.05) is 37.6 Å². The molecule has 1 atom stereocenters. The van der Waals surface area contributed by atoms with Crippen LogP contribution in [0.5, 0.6) is 0 Å². The molecule has 1 aliphatic rings. The third-order valence-electron chi connectivity index (χ3n) is 5.60. The second-order valence-electron chi connectivity index (χ2n) is 7.33. The standard InChI is InChI=1S/C22H23N5OS2/c28-21(26-8-10-27(11-9-26)22-23-7-13-30-22)25-15-18(20-6-3-12-29-20)17-14-24-19-5-2-1-4-16(17)19/h1-7,12-14,18,24H,8-11,15H2,(H,25,28)/t18-/m1/s1. The molecule has 30 heavy (non-hydrogen) atoms. The highest BCUT2D eigenvalue weighted by atomic mass is 32.1. The van der Waals surface area contributed by atoms with Crippen LogP contribution < -0.4 is 10.2 Å². The van der Waals surface area contributed by atoms with E-state index in [2.05, 4.69) is 62.1 Å². The molecule has 4 aromatic rings. The molecule has 5 rings (SSSR count). The van der Waals surface area contributed by atoms with Crippen LogP contribution in [-0.2, 0) is 0 Å². The normalized spacial score (nSPS) is 15.5. The molecule has 0 radical (unpaired) electrons. The van der Waals surface area contributed by atoms with E-state index >= 15 is 0 Å². The zero-order chi connectivity index (χ0) is 20.3. The summed E-state index contributed by atoms with van der Waals surface area (Å²) in [5.41, 5.74) is 2.35. The highest BCUT2D eigenvalue weighted by Crippen LogP contribution is 2.32. The number of amides is 2. The molecule has 2 amide bonds. The number of nitrogens with zero attached hydrogens (tertiary/aromatic N) is 3. The number of nitrogens with one attached hydrogen (secondary N) is 2. The van der Waals surface area contributed by atoms with E-state index in [0.29, 0.717) is 19.6 Å². The smallest absolute Gasteiger partial charge is 0.317 e. The number of benzene rings is 1. The van der Waals surface area contributed by atoms with Crippen molar-refractivity contribution in [1.29, 1.82) is 0 Å². The Morgan fingerprint density at radius 3 is 2.73 bits per heavy atom. The minimum atomic E-state index is 0.00943. The maximum atomic E-state index is 12.9. The molecule has 0 aliphatic carbocycles. The highest BCUT2D eigenvalue weighted by Gasteiger charge is 2.24. The van der Waals surface area contributed by atoms with Crippen LogP contribution in [0.2, 0.25) is 0 Å². The van der Waals surface area contributed by atoms with Crippen LogP contribution >= 0.6 is 22.7 Å². The van der Waals surface area contributed by atoms with Gasteiger partial charge in [0.2, 0.25) is 0 Å². The van der Waals surface area contributed by atoms with Gasteiger partial charge in [0, 0.05) is 72.2 Å². The van der Waals surface area contributed by atoms with Crippen LogP contribution in [0.3, 0.4) is 0 Å². The van der Waals surface area contributed by atoms with Crippen LogP contribution in [0.1, 0.15) is 16.4 Å². The third-order valence-corrected chi connectivity index (χ3v) is 7.42. The van der Waals surface area contributed by atoms with Gasteiger partial charge < -0.3 is 20.1 Å². The minimum Gasteiger partial charge on any atom is -0.361 e. The van der Waals surface area contributed by atoms with Gasteiger partial charge in [0.15, 0.2) is 5.13 Å². The van der Waals surface area contributed by atoms with Crippen molar-refractivity contribution >= 4 is 44.7 Å². The average Bonchev–Trinajstić information content (AvgIpc) is 3.56. The molecule has 6 nitrogen and oxygen atoms in total. The number of aromatic amines is 1. The van der Waals surface area contributed by atoms with E-state index in [1.54, 1.807) is 22.7 Å². The number of hydrogen-bond acceptors (Lipinski definition) is 5. The van der Waals surface area contributed by atoms with E-state index in [0.717, 1.165) is 23.7 Å².